The number of benzene rings is 3. The van der Waals surface area contributed by atoms with Gasteiger partial charge in [-0.05, 0) is 133 Å². The Balaban J connectivity index is 1.16. The first-order chi connectivity index (χ1) is 20.7. The number of aryl methyl sites for hydroxylation is 4. The van der Waals surface area contributed by atoms with Crippen molar-refractivity contribution >= 4 is 52.3 Å². The molecule has 4 aromatic rings. The van der Waals surface area contributed by atoms with Gasteiger partial charge in [0, 0.05) is 42.9 Å². The van der Waals surface area contributed by atoms with Crippen molar-refractivity contribution in [1.29, 1.82) is 0 Å². The summed E-state index contributed by atoms with van der Waals surface area (Å²) in [6.45, 7) is 12.3. The van der Waals surface area contributed by atoms with Gasteiger partial charge in [-0.25, -0.2) is 9.83 Å². The zero-order valence-electron chi connectivity index (χ0n) is 24.2. The van der Waals surface area contributed by atoms with Crippen LogP contribution in [0.2, 0.25) is 0 Å². The second kappa shape index (κ2) is 10.5. The van der Waals surface area contributed by atoms with E-state index in [1.165, 1.54) is 122 Å². The molecule has 4 heteroatoms. The van der Waals surface area contributed by atoms with Crippen LogP contribution in [0, 0.1) is 6.57 Å². The number of hydrogen-bond acceptors (Lipinski definition) is 3. The van der Waals surface area contributed by atoms with E-state index in [4.69, 9.17) is 11.6 Å². The van der Waals surface area contributed by atoms with Crippen LogP contribution in [0.1, 0.15) is 70.3 Å². The average Bonchev–Trinajstić information content (AvgIpc) is 3.03. The highest BCUT2D eigenvalue weighted by atomic mass is 15.1. The Bertz CT molecular complexity index is 1760. The molecule has 0 amide bonds. The van der Waals surface area contributed by atoms with Crippen LogP contribution >= 0.6 is 0 Å². The highest BCUT2D eigenvalue weighted by molar-refractivity contribution is 5.94. The van der Waals surface area contributed by atoms with Crippen molar-refractivity contribution in [2.24, 2.45) is 0 Å². The van der Waals surface area contributed by atoms with Gasteiger partial charge in [-0.15, -0.1) is 0 Å². The van der Waals surface area contributed by atoms with Crippen LogP contribution in [0.25, 0.3) is 40.1 Å². The molecule has 0 radical (unpaired) electrons. The van der Waals surface area contributed by atoms with Gasteiger partial charge in [0.15, 0.2) is 5.69 Å². The summed E-state index contributed by atoms with van der Waals surface area (Å²) in [6, 6.07) is 17.6. The first kappa shape index (κ1) is 25.4. The van der Waals surface area contributed by atoms with E-state index < -0.39 is 0 Å². The normalized spacial score (nSPS) is 17.5. The minimum Gasteiger partial charge on any atom is -0.371 e. The molecule has 0 unspecified atom stereocenters. The summed E-state index contributed by atoms with van der Waals surface area (Å²) in [5.41, 5.74) is 15.2. The minimum atomic E-state index is 0.628. The molecule has 0 saturated carbocycles. The second-order valence-electron chi connectivity index (χ2n) is 12.4. The maximum Gasteiger partial charge on any atom is 0.189 e. The third-order valence-corrected chi connectivity index (χ3v) is 9.59. The van der Waals surface area contributed by atoms with Crippen LogP contribution in [0.4, 0.5) is 17.1 Å². The molecule has 3 aromatic carbocycles. The molecule has 0 aliphatic carbocycles. The smallest absolute Gasteiger partial charge is 0.189 e. The molecule has 0 saturated heterocycles. The Morgan fingerprint density at radius 3 is 1.67 bits per heavy atom. The highest BCUT2D eigenvalue weighted by Gasteiger charge is 2.25. The fourth-order valence-electron chi connectivity index (χ4n) is 7.78. The van der Waals surface area contributed by atoms with Gasteiger partial charge in [0.1, 0.15) is 0 Å². The van der Waals surface area contributed by atoms with Crippen molar-refractivity contribution in [2.45, 2.75) is 51.4 Å². The molecule has 42 heavy (non-hydrogen) atoms. The number of anilines is 2. The van der Waals surface area contributed by atoms with Crippen molar-refractivity contribution in [1.82, 2.24) is 4.98 Å². The predicted octanol–water partition coefficient (Wildman–Crippen LogP) is 8.52. The minimum absolute atomic E-state index is 0.628. The topological polar surface area (TPSA) is 23.7 Å². The monoisotopic (exact) mass is 548 g/mol. The number of hydrogen-bond donors (Lipinski definition) is 0. The van der Waals surface area contributed by atoms with Crippen LogP contribution in [-0.2, 0) is 25.7 Å². The number of pyridine rings is 1. The van der Waals surface area contributed by atoms with E-state index in [0.717, 1.165) is 22.2 Å². The predicted molar refractivity (Wildman–Crippen MR) is 176 cm³/mol. The molecule has 1 aromatic heterocycles. The number of rotatable bonds is 4. The quantitative estimate of drug-likeness (QED) is 0.239. The van der Waals surface area contributed by atoms with Gasteiger partial charge in [-0.2, -0.15) is 0 Å². The van der Waals surface area contributed by atoms with E-state index >= 15 is 0 Å². The van der Waals surface area contributed by atoms with Gasteiger partial charge < -0.3 is 9.80 Å². The summed E-state index contributed by atoms with van der Waals surface area (Å²) in [7, 11) is 0. The molecular weight excluding hydrogens is 512 g/mol. The summed E-state index contributed by atoms with van der Waals surface area (Å²) < 4.78 is 0. The van der Waals surface area contributed by atoms with Gasteiger partial charge in [0.25, 0.3) is 0 Å². The Labute approximate surface area is 248 Å². The summed E-state index contributed by atoms with van der Waals surface area (Å²) in [5.74, 6) is 0. The number of fused-ring (bicyclic) bond motifs is 1. The molecule has 5 heterocycles. The third kappa shape index (κ3) is 4.58. The maximum atomic E-state index is 7.54. The molecule has 0 fully saturated rings. The van der Waals surface area contributed by atoms with Gasteiger partial charge in [-0.1, -0.05) is 30.4 Å². The number of nitrogens with zero attached hydrogens (tertiary/aromatic N) is 4. The molecule has 4 aliphatic rings. The maximum absolute atomic E-state index is 7.54. The molecule has 0 bridgehead atoms. The fourth-order valence-corrected chi connectivity index (χ4v) is 7.78. The van der Waals surface area contributed by atoms with Crippen molar-refractivity contribution in [3.05, 3.63) is 105 Å². The molecule has 8 rings (SSSR count). The Morgan fingerprint density at radius 2 is 1.14 bits per heavy atom. The van der Waals surface area contributed by atoms with E-state index in [1.807, 2.05) is 12.1 Å². The van der Waals surface area contributed by atoms with E-state index in [2.05, 4.69) is 75.3 Å². The summed E-state index contributed by atoms with van der Waals surface area (Å²) >= 11 is 0. The van der Waals surface area contributed by atoms with Crippen LogP contribution in [0.3, 0.4) is 0 Å². The van der Waals surface area contributed by atoms with E-state index in [1.54, 1.807) is 0 Å². The summed E-state index contributed by atoms with van der Waals surface area (Å²) in [5, 5.41) is 1.08. The van der Waals surface area contributed by atoms with E-state index in [0.29, 0.717) is 5.69 Å². The lowest BCUT2D eigenvalue weighted by Crippen LogP contribution is -2.34. The van der Waals surface area contributed by atoms with Gasteiger partial charge in [0.2, 0.25) is 0 Å². The van der Waals surface area contributed by atoms with Crippen molar-refractivity contribution in [3.63, 3.8) is 0 Å². The fraction of sp³-hybridized carbons (Fsp3) is 0.316. The van der Waals surface area contributed by atoms with Crippen LogP contribution in [-0.4, -0.2) is 31.2 Å². The lowest BCUT2D eigenvalue weighted by atomic mass is 9.90. The second-order valence-corrected chi connectivity index (χ2v) is 12.4. The van der Waals surface area contributed by atoms with Crippen molar-refractivity contribution in [2.75, 3.05) is 36.0 Å². The molecule has 0 spiro atoms. The van der Waals surface area contributed by atoms with Crippen molar-refractivity contribution < 1.29 is 0 Å². The van der Waals surface area contributed by atoms with Crippen LogP contribution < -0.4 is 9.80 Å². The van der Waals surface area contributed by atoms with Gasteiger partial charge >= 0.3 is 0 Å². The molecule has 0 atom stereocenters. The standard InChI is InChI=1S/C38H36N4/c1-39-33-14-15-35-28(12-10-26-20-29-6-2-16-41-17-3-7-30(21-26)37(29)41)24-34(40-36(35)25-33)13-11-27-22-31-8-4-18-42-19-5-9-32(23-27)38(31)42/h10-15,20-25H,2-9,16-19H2. The SMILES string of the molecule is [C-]#[N+]c1ccc2c(C=Cc3cc4c5c(c3)CCCN5CCC4)cc(C=Cc3cc4c5c(c3)CCCN5CCC4)nc2c1. The lowest BCUT2D eigenvalue weighted by Gasteiger charge is -2.37. The lowest BCUT2D eigenvalue weighted by molar-refractivity contribution is 0.634. The Morgan fingerprint density at radius 1 is 0.619 bits per heavy atom. The summed E-state index contributed by atoms with van der Waals surface area (Å²) in [6.07, 6.45) is 18.6. The Hall–Kier alpha value is -4.36. The molecule has 208 valence electrons. The Kier molecular flexibility index (Phi) is 6.33. The van der Waals surface area contributed by atoms with E-state index in [-0.39, 0.29) is 0 Å². The first-order valence-corrected chi connectivity index (χ1v) is 15.7. The van der Waals surface area contributed by atoms with Gasteiger partial charge in [0.05, 0.1) is 17.8 Å². The van der Waals surface area contributed by atoms with Crippen LogP contribution in [0.15, 0.2) is 48.5 Å². The average molecular weight is 549 g/mol. The first-order valence-electron chi connectivity index (χ1n) is 15.7. The molecular formula is C38H36N4. The zero-order valence-corrected chi connectivity index (χ0v) is 24.2. The molecule has 0 N–H and O–H groups in total. The molecule has 4 aliphatic heterocycles. The highest BCUT2D eigenvalue weighted by Crippen LogP contribution is 2.38. The largest absolute Gasteiger partial charge is 0.371 e. The zero-order chi connectivity index (χ0) is 28.0. The van der Waals surface area contributed by atoms with Crippen LogP contribution in [0.5, 0.6) is 0 Å². The number of aromatic nitrogens is 1. The van der Waals surface area contributed by atoms with Crippen molar-refractivity contribution in [3.8, 4) is 0 Å². The van der Waals surface area contributed by atoms with Gasteiger partial charge in [-0.3, -0.25) is 0 Å². The summed E-state index contributed by atoms with van der Waals surface area (Å²) in [4.78, 5) is 13.9. The van der Waals surface area contributed by atoms with E-state index in [9.17, 15) is 0 Å². The third-order valence-electron chi connectivity index (χ3n) is 9.59. The molecule has 4 nitrogen and oxygen atoms in total.